The van der Waals surface area contributed by atoms with Crippen molar-refractivity contribution in [1.82, 2.24) is 4.90 Å². The van der Waals surface area contributed by atoms with E-state index in [9.17, 15) is 19.1 Å². The van der Waals surface area contributed by atoms with Crippen LogP contribution in [0.1, 0.15) is 60.5 Å². The van der Waals surface area contributed by atoms with Crippen molar-refractivity contribution in [1.29, 1.82) is 0 Å². The molecule has 0 spiro atoms. The third kappa shape index (κ3) is 5.21. The molecule has 1 N–H and O–H groups in total. The molecule has 5 rings (SSSR count). The van der Waals surface area contributed by atoms with Crippen molar-refractivity contribution in [3.63, 3.8) is 0 Å². The first-order valence-electron chi connectivity index (χ1n) is 13.2. The highest BCUT2D eigenvalue weighted by Gasteiger charge is 2.45. The van der Waals surface area contributed by atoms with Crippen molar-refractivity contribution >= 4 is 17.4 Å². The summed E-state index contributed by atoms with van der Waals surface area (Å²) in [7, 11) is 0. The van der Waals surface area contributed by atoms with E-state index >= 15 is 0 Å². The molecule has 0 radical (unpaired) electrons. The van der Waals surface area contributed by atoms with Crippen LogP contribution in [-0.2, 0) is 28.9 Å². The van der Waals surface area contributed by atoms with Gasteiger partial charge in [0.1, 0.15) is 17.3 Å². The monoisotopic (exact) mass is 513 g/mol. The Kier molecular flexibility index (Phi) is 7.32. The van der Waals surface area contributed by atoms with E-state index in [1.54, 1.807) is 12.1 Å². The number of carbonyl (C=O) groups is 2. The number of rotatable bonds is 7. The Balaban J connectivity index is 1.54. The smallest absolute Gasteiger partial charge is 0.295 e. The highest BCUT2D eigenvalue weighted by atomic mass is 19.1. The number of hydrogen-bond donors (Lipinski definition) is 1. The number of carbonyl (C=O) groups excluding carboxylic acids is 2. The van der Waals surface area contributed by atoms with Crippen molar-refractivity contribution in [3.8, 4) is 5.75 Å². The molecule has 1 aliphatic heterocycles. The third-order valence-electron chi connectivity index (χ3n) is 7.28. The molecule has 1 aliphatic carbocycles. The van der Waals surface area contributed by atoms with E-state index in [1.807, 2.05) is 56.3 Å². The van der Waals surface area contributed by atoms with Gasteiger partial charge >= 0.3 is 0 Å². The number of benzene rings is 3. The first-order valence-corrected chi connectivity index (χ1v) is 13.2. The minimum absolute atomic E-state index is 0.00574. The van der Waals surface area contributed by atoms with Gasteiger partial charge in [-0.1, -0.05) is 36.4 Å². The van der Waals surface area contributed by atoms with Crippen LogP contribution in [0.25, 0.3) is 5.76 Å². The molecule has 1 unspecified atom stereocenters. The van der Waals surface area contributed by atoms with Crippen LogP contribution >= 0.6 is 0 Å². The number of Topliss-reactive ketones (excluding diaryl/α,β-unsaturated/α-hetero) is 1. The number of halogens is 1. The number of likely N-dealkylation sites (tertiary alicyclic amines) is 1. The zero-order chi connectivity index (χ0) is 26.8. The molecule has 1 amide bonds. The molecule has 196 valence electrons. The summed E-state index contributed by atoms with van der Waals surface area (Å²) < 4.78 is 19.2. The normalized spacial score (nSPS) is 18.6. The molecule has 5 nitrogen and oxygen atoms in total. The Hall–Kier alpha value is -3.93. The summed E-state index contributed by atoms with van der Waals surface area (Å²) in [5.74, 6) is -1.16. The number of nitrogens with zero attached hydrogens (tertiary/aromatic N) is 1. The molecule has 0 saturated carbocycles. The second-order valence-electron chi connectivity index (χ2n) is 10.3. The van der Waals surface area contributed by atoms with Gasteiger partial charge in [-0.15, -0.1) is 0 Å². The second kappa shape index (κ2) is 10.8. The molecule has 0 aromatic heterocycles. The van der Waals surface area contributed by atoms with E-state index in [1.165, 1.54) is 28.2 Å². The maximum Gasteiger partial charge on any atom is 0.295 e. The summed E-state index contributed by atoms with van der Waals surface area (Å²) in [6.07, 6.45) is 4.63. The van der Waals surface area contributed by atoms with Gasteiger partial charge in [0.2, 0.25) is 0 Å². The number of fused-ring (bicyclic) bond motifs is 1. The van der Waals surface area contributed by atoms with Crippen molar-refractivity contribution in [3.05, 3.63) is 106 Å². The van der Waals surface area contributed by atoms with E-state index in [0.29, 0.717) is 23.3 Å². The van der Waals surface area contributed by atoms with Crippen LogP contribution in [0.4, 0.5) is 4.39 Å². The zero-order valence-corrected chi connectivity index (χ0v) is 21.7. The van der Waals surface area contributed by atoms with Crippen molar-refractivity contribution in [2.45, 2.75) is 58.1 Å². The number of aliphatic hydroxyl groups is 1. The molecule has 3 aromatic carbocycles. The van der Waals surface area contributed by atoms with Crippen molar-refractivity contribution < 1.29 is 23.8 Å². The third-order valence-corrected chi connectivity index (χ3v) is 7.28. The number of aliphatic hydroxyl groups excluding tert-OH is 1. The van der Waals surface area contributed by atoms with E-state index < -0.39 is 17.7 Å². The van der Waals surface area contributed by atoms with Gasteiger partial charge in [0.25, 0.3) is 11.7 Å². The minimum atomic E-state index is -0.750. The molecule has 1 heterocycles. The van der Waals surface area contributed by atoms with Gasteiger partial charge < -0.3 is 14.7 Å². The average molecular weight is 514 g/mol. The topological polar surface area (TPSA) is 66.8 Å². The summed E-state index contributed by atoms with van der Waals surface area (Å²) in [5, 5.41) is 11.5. The molecule has 38 heavy (non-hydrogen) atoms. The molecule has 1 fully saturated rings. The Labute approximate surface area is 222 Å². The lowest BCUT2D eigenvalue weighted by molar-refractivity contribution is -0.139. The quantitative estimate of drug-likeness (QED) is 0.234. The minimum Gasteiger partial charge on any atom is -0.507 e. The SMILES string of the molecule is CC(C)Oc1ccc(C2/C(=C(/O)c3ccc4c(c3)CCCC4)C(=O)C(=O)N2CCc2ccc(F)cc2)cc1. The molecular formula is C32H32FNO4. The molecule has 3 aromatic rings. The van der Waals surface area contributed by atoms with E-state index in [0.717, 1.165) is 31.2 Å². The first-order chi connectivity index (χ1) is 18.3. The van der Waals surface area contributed by atoms with Crippen LogP contribution < -0.4 is 4.74 Å². The van der Waals surface area contributed by atoms with Crippen LogP contribution in [0.3, 0.4) is 0 Å². The lowest BCUT2D eigenvalue weighted by Crippen LogP contribution is -2.31. The predicted octanol–water partition coefficient (Wildman–Crippen LogP) is 6.16. The summed E-state index contributed by atoms with van der Waals surface area (Å²) in [4.78, 5) is 28.2. The zero-order valence-electron chi connectivity index (χ0n) is 21.7. The number of amides is 1. The van der Waals surface area contributed by atoms with Gasteiger partial charge in [-0.2, -0.15) is 0 Å². The summed E-state index contributed by atoms with van der Waals surface area (Å²) in [5.41, 5.74) is 4.64. The van der Waals surface area contributed by atoms with Crippen LogP contribution in [-0.4, -0.2) is 34.3 Å². The largest absolute Gasteiger partial charge is 0.507 e. The van der Waals surface area contributed by atoms with Crippen LogP contribution in [0.2, 0.25) is 0 Å². The predicted molar refractivity (Wildman–Crippen MR) is 144 cm³/mol. The number of hydrogen-bond acceptors (Lipinski definition) is 4. The van der Waals surface area contributed by atoms with Gasteiger partial charge in [-0.25, -0.2) is 4.39 Å². The lowest BCUT2D eigenvalue weighted by Gasteiger charge is -2.26. The maximum atomic E-state index is 13.4. The number of ether oxygens (including phenoxy) is 1. The van der Waals surface area contributed by atoms with Gasteiger partial charge in [0.05, 0.1) is 17.7 Å². The van der Waals surface area contributed by atoms with E-state index in [4.69, 9.17) is 4.74 Å². The molecule has 6 heteroatoms. The van der Waals surface area contributed by atoms with E-state index in [2.05, 4.69) is 0 Å². The summed E-state index contributed by atoms with van der Waals surface area (Å²) in [6.45, 7) is 4.12. The lowest BCUT2D eigenvalue weighted by atomic mass is 9.88. The second-order valence-corrected chi connectivity index (χ2v) is 10.3. The van der Waals surface area contributed by atoms with Crippen molar-refractivity contribution in [2.24, 2.45) is 0 Å². The fraction of sp³-hybridized carbons (Fsp3) is 0.312. The van der Waals surface area contributed by atoms with Gasteiger partial charge in [0.15, 0.2) is 0 Å². The summed E-state index contributed by atoms with van der Waals surface area (Å²) in [6, 6.07) is 18.4. The Morgan fingerprint density at radius 1 is 0.974 bits per heavy atom. The van der Waals surface area contributed by atoms with Gasteiger partial charge in [0, 0.05) is 12.1 Å². The molecule has 0 bridgehead atoms. The van der Waals surface area contributed by atoms with E-state index in [-0.39, 0.29) is 29.8 Å². The summed E-state index contributed by atoms with van der Waals surface area (Å²) >= 11 is 0. The number of ketones is 1. The molecule has 2 aliphatic rings. The standard InChI is InChI=1S/C32H32FNO4/c1-20(2)38-27-15-11-23(12-16-27)29-28(30(35)25-10-9-22-5-3-4-6-24(22)19-25)31(36)32(37)34(29)18-17-21-7-13-26(33)14-8-21/h7-16,19-20,29,35H,3-6,17-18H2,1-2H3/b30-28-. The Morgan fingerprint density at radius 3 is 2.34 bits per heavy atom. The van der Waals surface area contributed by atoms with Gasteiger partial charge in [-0.05, 0) is 98.5 Å². The average Bonchev–Trinajstić information content (AvgIpc) is 3.17. The highest BCUT2D eigenvalue weighted by Crippen LogP contribution is 2.40. The molecule has 1 atom stereocenters. The molecule has 1 saturated heterocycles. The maximum absolute atomic E-state index is 13.4. The highest BCUT2D eigenvalue weighted by molar-refractivity contribution is 6.46. The van der Waals surface area contributed by atoms with Crippen LogP contribution in [0, 0.1) is 5.82 Å². The fourth-order valence-electron chi connectivity index (χ4n) is 5.39. The number of aryl methyl sites for hydroxylation is 2. The first kappa shape index (κ1) is 25.7. The van der Waals surface area contributed by atoms with Crippen LogP contribution in [0.5, 0.6) is 5.75 Å². The fourth-order valence-corrected chi connectivity index (χ4v) is 5.39. The van der Waals surface area contributed by atoms with Crippen molar-refractivity contribution in [2.75, 3.05) is 6.54 Å². The Bertz CT molecular complexity index is 1380. The molecular weight excluding hydrogens is 481 g/mol. The van der Waals surface area contributed by atoms with Crippen LogP contribution in [0.15, 0.2) is 72.3 Å². The Morgan fingerprint density at radius 2 is 1.66 bits per heavy atom. The van der Waals surface area contributed by atoms with Gasteiger partial charge in [-0.3, -0.25) is 9.59 Å².